The molecule has 1 aliphatic heterocycles. The van der Waals surface area contributed by atoms with Gasteiger partial charge in [0.25, 0.3) is 0 Å². The third-order valence-electron chi connectivity index (χ3n) is 3.91. The second-order valence-corrected chi connectivity index (χ2v) is 5.54. The lowest BCUT2D eigenvalue weighted by Crippen LogP contribution is -2.39. The van der Waals surface area contributed by atoms with E-state index in [-0.39, 0.29) is 6.10 Å². The van der Waals surface area contributed by atoms with Crippen LogP contribution >= 0.6 is 0 Å². The lowest BCUT2D eigenvalue weighted by Gasteiger charge is -2.32. The van der Waals surface area contributed by atoms with Crippen molar-refractivity contribution in [1.82, 2.24) is 9.97 Å². The first kappa shape index (κ1) is 12.6. The highest BCUT2D eigenvalue weighted by Gasteiger charge is 2.30. The Morgan fingerprint density at radius 1 is 1.32 bits per heavy atom. The van der Waals surface area contributed by atoms with Crippen LogP contribution in [0.25, 0.3) is 0 Å². The molecule has 104 valence electrons. The van der Waals surface area contributed by atoms with Gasteiger partial charge in [-0.1, -0.05) is 0 Å². The zero-order valence-corrected chi connectivity index (χ0v) is 11.3. The van der Waals surface area contributed by atoms with Crippen LogP contribution in [0.2, 0.25) is 0 Å². The van der Waals surface area contributed by atoms with Gasteiger partial charge >= 0.3 is 0 Å². The fraction of sp³-hybridized carbons (Fsp3) is 0.692. The van der Waals surface area contributed by atoms with E-state index < -0.39 is 0 Å². The van der Waals surface area contributed by atoms with Crippen molar-refractivity contribution < 1.29 is 5.11 Å². The van der Waals surface area contributed by atoms with Crippen LogP contribution in [0.1, 0.15) is 43.0 Å². The predicted molar refractivity (Wildman–Crippen MR) is 74.0 cm³/mol. The smallest absolute Gasteiger partial charge is 0.148 e. The lowest BCUT2D eigenvalue weighted by molar-refractivity contribution is 0.154. The molecule has 2 heterocycles. The molecule has 4 N–H and O–H groups in total. The van der Waals surface area contributed by atoms with E-state index in [9.17, 15) is 5.11 Å². The molecule has 6 nitrogen and oxygen atoms in total. The number of hydrogen-bond acceptors (Lipinski definition) is 6. The average Bonchev–Trinajstić information content (AvgIpc) is 3.23. The summed E-state index contributed by atoms with van der Waals surface area (Å²) in [5.41, 5.74) is 3.63. The largest absolute Gasteiger partial charge is 0.391 e. The molecule has 0 aromatic carbocycles. The van der Waals surface area contributed by atoms with Gasteiger partial charge in [-0.15, -0.1) is 0 Å². The van der Waals surface area contributed by atoms with E-state index in [1.54, 1.807) is 0 Å². The fourth-order valence-corrected chi connectivity index (χ4v) is 2.64. The minimum absolute atomic E-state index is 0.262. The summed E-state index contributed by atoms with van der Waals surface area (Å²) >= 11 is 0. The normalized spacial score (nSPS) is 23.5. The second-order valence-electron chi connectivity index (χ2n) is 5.54. The molecular formula is C13H21N5O. The van der Waals surface area contributed by atoms with Crippen LogP contribution in [0.4, 0.5) is 11.6 Å². The van der Waals surface area contributed by atoms with Crippen molar-refractivity contribution >= 4 is 11.6 Å². The molecule has 2 aliphatic rings. The van der Waals surface area contributed by atoms with Crippen molar-refractivity contribution in [2.75, 3.05) is 23.4 Å². The number of rotatable bonds is 3. The van der Waals surface area contributed by atoms with Gasteiger partial charge in [-0.2, -0.15) is 0 Å². The van der Waals surface area contributed by atoms with Gasteiger partial charge in [0, 0.05) is 24.6 Å². The molecule has 1 atom stereocenters. The average molecular weight is 263 g/mol. The number of β-amino-alcohol motifs (C(OH)–C–C–N with tert-alkyl or cyclic N) is 1. The highest BCUT2D eigenvalue weighted by molar-refractivity contribution is 5.58. The molecule has 19 heavy (non-hydrogen) atoms. The SMILES string of the molecule is Cc1c(NN)nc(C2CC2)nc1N1CCCC(O)C1. The molecule has 1 saturated heterocycles. The van der Waals surface area contributed by atoms with Crippen LogP contribution in [0, 0.1) is 6.92 Å². The number of nitrogen functional groups attached to an aromatic ring is 1. The number of nitrogens with one attached hydrogen (secondary N) is 1. The van der Waals surface area contributed by atoms with Gasteiger partial charge in [-0.25, -0.2) is 15.8 Å². The molecular weight excluding hydrogens is 242 g/mol. The van der Waals surface area contributed by atoms with Crippen LogP contribution in [-0.2, 0) is 0 Å². The summed E-state index contributed by atoms with van der Waals surface area (Å²) in [6.07, 6.45) is 3.93. The first-order valence-electron chi connectivity index (χ1n) is 6.97. The quantitative estimate of drug-likeness (QED) is 0.555. The molecule has 1 saturated carbocycles. The number of nitrogens with two attached hydrogens (primary N) is 1. The van der Waals surface area contributed by atoms with Crippen LogP contribution in [0.3, 0.4) is 0 Å². The number of aliphatic hydroxyl groups excluding tert-OH is 1. The number of piperidine rings is 1. The highest BCUT2D eigenvalue weighted by atomic mass is 16.3. The molecule has 1 unspecified atom stereocenters. The third kappa shape index (κ3) is 2.50. The summed E-state index contributed by atoms with van der Waals surface area (Å²) in [4.78, 5) is 11.4. The van der Waals surface area contributed by atoms with Crippen LogP contribution in [0.5, 0.6) is 0 Å². The molecule has 1 aromatic heterocycles. The summed E-state index contributed by atoms with van der Waals surface area (Å²) in [5, 5.41) is 9.82. The zero-order valence-electron chi connectivity index (χ0n) is 11.3. The molecule has 6 heteroatoms. The van der Waals surface area contributed by atoms with Crippen molar-refractivity contribution in [3.63, 3.8) is 0 Å². The number of aromatic nitrogens is 2. The van der Waals surface area contributed by atoms with Gasteiger partial charge in [0.1, 0.15) is 17.5 Å². The number of aliphatic hydroxyl groups is 1. The summed E-state index contributed by atoms with van der Waals surface area (Å²) in [5.74, 6) is 8.55. The lowest BCUT2D eigenvalue weighted by atomic mass is 10.1. The predicted octanol–water partition coefficient (Wildman–Crippen LogP) is 0.909. The molecule has 0 spiro atoms. The van der Waals surface area contributed by atoms with Gasteiger partial charge in [-0.05, 0) is 32.6 Å². The maximum Gasteiger partial charge on any atom is 0.148 e. The Labute approximate surface area is 113 Å². The number of hydrazine groups is 1. The van der Waals surface area contributed by atoms with E-state index >= 15 is 0 Å². The van der Waals surface area contributed by atoms with Crippen molar-refractivity contribution in [3.05, 3.63) is 11.4 Å². The molecule has 3 rings (SSSR count). The first-order chi connectivity index (χ1) is 9.19. The van der Waals surface area contributed by atoms with Gasteiger partial charge in [-0.3, -0.25) is 0 Å². The van der Waals surface area contributed by atoms with E-state index in [1.165, 1.54) is 0 Å². The number of nitrogens with zero attached hydrogens (tertiary/aromatic N) is 3. The fourth-order valence-electron chi connectivity index (χ4n) is 2.64. The molecule has 1 aromatic rings. The molecule has 1 aliphatic carbocycles. The Morgan fingerprint density at radius 3 is 2.74 bits per heavy atom. The van der Waals surface area contributed by atoms with Gasteiger partial charge in [0.05, 0.1) is 6.10 Å². The first-order valence-corrected chi connectivity index (χ1v) is 6.97. The van der Waals surface area contributed by atoms with Gasteiger partial charge < -0.3 is 15.4 Å². The summed E-state index contributed by atoms with van der Waals surface area (Å²) in [6.45, 7) is 3.55. The highest BCUT2D eigenvalue weighted by Crippen LogP contribution is 2.40. The van der Waals surface area contributed by atoms with E-state index in [2.05, 4.69) is 15.3 Å². The molecule has 0 radical (unpaired) electrons. The van der Waals surface area contributed by atoms with Crippen LogP contribution < -0.4 is 16.2 Å². The van der Waals surface area contributed by atoms with Crippen molar-refractivity contribution in [2.45, 2.75) is 44.6 Å². The maximum atomic E-state index is 9.82. The van der Waals surface area contributed by atoms with E-state index in [1.807, 2.05) is 6.92 Å². The molecule has 2 fully saturated rings. The minimum atomic E-state index is -0.262. The topological polar surface area (TPSA) is 87.3 Å². The Kier molecular flexibility index (Phi) is 3.28. The van der Waals surface area contributed by atoms with E-state index in [4.69, 9.17) is 10.8 Å². The summed E-state index contributed by atoms with van der Waals surface area (Å²) in [7, 11) is 0. The summed E-state index contributed by atoms with van der Waals surface area (Å²) in [6, 6.07) is 0. The second kappa shape index (κ2) is 4.94. The monoisotopic (exact) mass is 263 g/mol. The van der Waals surface area contributed by atoms with Crippen LogP contribution in [-0.4, -0.2) is 34.3 Å². The Morgan fingerprint density at radius 2 is 2.11 bits per heavy atom. The number of anilines is 2. The zero-order chi connectivity index (χ0) is 13.4. The minimum Gasteiger partial charge on any atom is -0.391 e. The Balaban J connectivity index is 1.95. The van der Waals surface area contributed by atoms with Gasteiger partial charge in [0.15, 0.2) is 0 Å². The number of hydrogen-bond donors (Lipinski definition) is 3. The van der Waals surface area contributed by atoms with E-state index in [0.717, 1.165) is 49.4 Å². The van der Waals surface area contributed by atoms with Crippen molar-refractivity contribution in [3.8, 4) is 0 Å². The Bertz CT molecular complexity index is 474. The molecule has 0 amide bonds. The van der Waals surface area contributed by atoms with Crippen LogP contribution in [0.15, 0.2) is 0 Å². The third-order valence-corrected chi connectivity index (χ3v) is 3.91. The standard InChI is InChI=1S/C13H21N5O/c1-8-11(17-14)15-12(9-4-5-9)16-13(8)18-6-2-3-10(19)7-18/h9-10,19H,2-7,14H2,1H3,(H,15,16,17). The van der Waals surface area contributed by atoms with Gasteiger partial charge in [0.2, 0.25) is 0 Å². The van der Waals surface area contributed by atoms with E-state index in [0.29, 0.717) is 18.3 Å². The maximum absolute atomic E-state index is 9.82. The summed E-state index contributed by atoms with van der Waals surface area (Å²) < 4.78 is 0. The van der Waals surface area contributed by atoms with Crippen molar-refractivity contribution in [1.29, 1.82) is 0 Å². The molecule has 0 bridgehead atoms. The Hall–Kier alpha value is -1.40. The van der Waals surface area contributed by atoms with Crippen molar-refractivity contribution in [2.24, 2.45) is 5.84 Å².